The molecule has 4 aromatic rings. The van der Waals surface area contributed by atoms with E-state index in [4.69, 9.17) is 0 Å². The summed E-state index contributed by atoms with van der Waals surface area (Å²) < 4.78 is 1.66. The number of nitrogens with zero attached hydrogens (tertiary/aromatic N) is 3. The van der Waals surface area contributed by atoms with Gasteiger partial charge >= 0.3 is 0 Å². The third-order valence-corrected chi connectivity index (χ3v) is 4.95. The molecule has 0 spiro atoms. The topological polar surface area (TPSA) is 88.9 Å². The zero-order valence-electron chi connectivity index (χ0n) is 15.3. The van der Waals surface area contributed by atoms with Crippen LogP contribution in [-0.2, 0) is 6.54 Å². The Labute approximate surface area is 171 Å². The second-order valence-electron chi connectivity index (χ2n) is 6.22. The van der Waals surface area contributed by atoms with Crippen LogP contribution in [0.3, 0.4) is 0 Å². The molecular formula is C21H17N5O2S. The van der Waals surface area contributed by atoms with Crippen LogP contribution in [0.2, 0.25) is 0 Å². The van der Waals surface area contributed by atoms with Gasteiger partial charge in [-0.15, -0.1) is 16.4 Å². The number of amides is 2. The zero-order valence-corrected chi connectivity index (χ0v) is 16.1. The van der Waals surface area contributed by atoms with Crippen molar-refractivity contribution in [1.82, 2.24) is 14.8 Å². The summed E-state index contributed by atoms with van der Waals surface area (Å²) in [7, 11) is 0. The highest BCUT2D eigenvalue weighted by molar-refractivity contribution is 7.12. The number of thiophene rings is 1. The normalized spacial score (nSPS) is 10.5. The van der Waals surface area contributed by atoms with Crippen molar-refractivity contribution in [2.45, 2.75) is 6.54 Å². The van der Waals surface area contributed by atoms with Crippen LogP contribution < -0.4 is 10.6 Å². The van der Waals surface area contributed by atoms with Gasteiger partial charge < -0.3 is 5.32 Å². The molecule has 8 heteroatoms. The number of carbonyl (C=O) groups is 2. The van der Waals surface area contributed by atoms with E-state index >= 15 is 0 Å². The Morgan fingerprint density at radius 3 is 2.59 bits per heavy atom. The predicted molar refractivity (Wildman–Crippen MR) is 112 cm³/mol. The molecule has 0 saturated carbocycles. The van der Waals surface area contributed by atoms with E-state index < -0.39 is 0 Å². The molecule has 7 nitrogen and oxygen atoms in total. The van der Waals surface area contributed by atoms with Crippen LogP contribution in [0.5, 0.6) is 0 Å². The number of nitrogens with one attached hydrogen (secondary N) is 2. The number of carbonyl (C=O) groups excluding carboxylic acids is 2. The molecule has 2 N–H and O–H groups in total. The van der Waals surface area contributed by atoms with E-state index in [-0.39, 0.29) is 17.8 Å². The number of anilines is 2. The van der Waals surface area contributed by atoms with E-state index in [0.717, 1.165) is 5.56 Å². The molecule has 0 atom stereocenters. The highest BCUT2D eigenvalue weighted by atomic mass is 32.1. The molecule has 2 heterocycles. The Kier molecular flexibility index (Phi) is 5.44. The van der Waals surface area contributed by atoms with Gasteiger partial charge in [-0.1, -0.05) is 42.5 Å². The molecule has 0 aliphatic carbocycles. The fraction of sp³-hybridized carbons (Fsp3) is 0.0476. The summed E-state index contributed by atoms with van der Waals surface area (Å²) in [5.74, 6) is -0.340. The minimum Gasteiger partial charge on any atom is -0.321 e. The SMILES string of the molecule is O=C(Nc1ncn(Cc2ccccc2)n1)c1cccc(NC(=O)c2cccs2)c1. The Morgan fingerprint density at radius 2 is 1.79 bits per heavy atom. The van der Waals surface area contributed by atoms with Crippen LogP contribution in [0.4, 0.5) is 11.6 Å². The van der Waals surface area contributed by atoms with Gasteiger partial charge in [0.2, 0.25) is 5.95 Å². The van der Waals surface area contributed by atoms with Gasteiger partial charge in [-0.3, -0.25) is 14.9 Å². The van der Waals surface area contributed by atoms with E-state index in [2.05, 4.69) is 20.7 Å². The zero-order chi connectivity index (χ0) is 20.1. The summed E-state index contributed by atoms with van der Waals surface area (Å²) in [5.41, 5.74) is 2.02. The molecule has 0 saturated heterocycles. The van der Waals surface area contributed by atoms with E-state index in [1.54, 1.807) is 41.3 Å². The maximum Gasteiger partial charge on any atom is 0.265 e. The number of hydrogen-bond acceptors (Lipinski definition) is 5. The lowest BCUT2D eigenvalue weighted by molar-refractivity contribution is 0.101. The maximum absolute atomic E-state index is 12.5. The third-order valence-electron chi connectivity index (χ3n) is 4.08. The van der Waals surface area contributed by atoms with Crippen LogP contribution in [0.15, 0.2) is 78.4 Å². The van der Waals surface area contributed by atoms with Gasteiger partial charge in [0.25, 0.3) is 11.8 Å². The average molecular weight is 403 g/mol. The van der Waals surface area contributed by atoms with Crippen LogP contribution in [0.25, 0.3) is 0 Å². The summed E-state index contributed by atoms with van der Waals surface area (Å²) in [6.07, 6.45) is 1.57. The third kappa shape index (κ3) is 4.74. The van der Waals surface area contributed by atoms with Crippen molar-refractivity contribution >= 4 is 34.8 Å². The molecule has 0 unspecified atom stereocenters. The maximum atomic E-state index is 12.5. The molecule has 0 fully saturated rings. The summed E-state index contributed by atoms with van der Waals surface area (Å²) >= 11 is 1.36. The fourth-order valence-electron chi connectivity index (χ4n) is 2.71. The Morgan fingerprint density at radius 1 is 0.931 bits per heavy atom. The monoisotopic (exact) mass is 403 g/mol. The van der Waals surface area contributed by atoms with Crippen LogP contribution >= 0.6 is 11.3 Å². The molecule has 4 rings (SSSR count). The number of rotatable bonds is 6. The summed E-state index contributed by atoms with van der Waals surface area (Å²) in [4.78, 5) is 29.5. The Hall–Kier alpha value is -3.78. The molecule has 29 heavy (non-hydrogen) atoms. The van der Waals surface area contributed by atoms with Gasteiger partial charge in [-0.25, -0.2) is 9.67 Å². The molecule has 2 aromatic carbocycles. The van der Waals surface area contributed by atoms with E-state index in [1.165, 1.54) is 11.3 Å². The molecule has 0 aliphatic heterocycles. The van der Waals surface area contributed by atoms with E-state index in [9.17, 15) is 9.59 Å². The molecule has 0 aliphatic rings. The smallest absolute Gasteiger partial charge is 0.265 e. The average Bonchev–Trinajstić information content (AvgIpc) is 3.41. The molecule has 144 valence electrons. The first-order valence-electron chi connectivity index (χ1n) is 8.87. The number of benzene rings is 2. The quantitative estimate of drug-likeness (QED) is 0.511. The summed E-state index contributed by atoms with van der Waals surface area (Å²) in [5, 5.41) is 11.6. The highest BCUT2D eigenvalue weighted by Gasteiger charge is 2.12. The lowest BCUT2D eigenvalue weighted by atomic mass is 10.2. The Balaban J connectivity index is 1.40. The van der Waals surface area contributed by atoms with Crippen molar-refractivity contribution in [3.63, 3.8) is 0 Å². The second-order valence-corrected chi connectivity index (χ2v) is 7.17. The van der Waals surface area contributed by atoms with Crippen molar-refractivity contribution in [3.05, 3.63) is 94.4 Å². The first-order chi connectivity index (χ1) is 14.2. The first kappa shape index (κ1) is 18.6. The Bertz CT molecular complexity index is 1120. The molecular weight excluding hydrogens is 386 g/mol. The van der Waals surface area contributed by atoms with E-state index in [0.29, 0.717) is 22.7 Å². The van der Waals surface area contributed by atoms with Crippen molar-refractivity contribution in [2.24, 2.45) is 0 Å². The van der Waals surface area contributed by atoms with Crippen molar-refractivity contribution in [3.8, 4) is 0 Å². The van der Waals surface area contributed by atoms with Crippen molar-refractivity contribution in [2.75, 3.05) is 10.6 Å². The standard InChI is InChI=1S/C21H17N5O2S/c27-19(24-21-22-14-26(25-21)13-15-6-2-1-3-7-15)16-8-4-9-17(12-16)23-20(28)18-10-5-11-29-18/h1-12,14H,13H2,(H,23,28)(H,24,25,27). The first-order valence-corrected chi connectivity index (χ1v) is 9.75. The predicted octanol–water partition coefficient (Wildman–Crippen LogP) is 3.89. The van der Waals surface area contributed by atoms with Crippen LogP contribution in [0.1, 0.15) is 25.6 Å². The van der Waals surface area contributed by atoms with Crippen molar-refractivity contribution in [1.29, 1.82) is 0 Å². The van der Waals surface area contributed by atoms with Crippen LogP contribution in [-0.4, -0.2) is 26.6 Å². The largest absolute Gasteiger partial charge is 0.321 e. The second kappa shape index (κ2) is 8.49. The number of hydrogen-bond donors (Lipinski definition) is 2. The number of aromatic nitrogens is 3. The molecule has 0 bridgehead atoms. The van der Waals surface area contributed by atoms with Gasteiger partial charge in [0.15, 0.2) is 0 Å². The highest BCUT2D eigenvalue weighted by Crippen LogP contribution is 2.15. The summed E-state index contributed by atoms with van der Waals surface area (Å²) in [6.45, 7) is 0.563. The minimum absolute atomic E-state index is 0.209. The minimum atomic E-state index is -0.352. The fourth-order valence-corrected chi connectivity index (χ4v) is 3.33. The van der Waals surface area contributed by atoms with Crippen LogP contribution in [0, 0.1) is 0 Å². The molecule has 2 amide bonds. The van der Waals surface area contributed by atoms with Gasteiger partial charge in [0.1, 0.15) is 6.33 Å². The molecule has 2 aromatic heterocycles. The van der Waals surface area contributed by atoms with Gasteiger partial charge in [0.05, 0.1) is 11.4 Å². The van der Waals surface area contributed by atoms with E-state index in [1.807, 2.05) is 41.8 Å². The van der Waals surface area contributed by atoms with Gasteiger partial charge in [-0.05, 0) is 35.2 Å². The lowest BCUT2D eigenvalue weighted by Gasteiger charge is -2.06. The molecule has 0 radical (unpaired) electrons. The van der Waals surface area contributed by atoms with Gasteiger partial charge in [-0.2, -0.15) is 0 Å². The lowest BCUT2D eigenvalue weighted by Crippen LogP contribution is -2.15. The van der Waals surface area contributed by atoms with Gasteiger partial charge in [0, 0.05) is 11.3 Å². The van der Waals surface area contributed by atoms with Crippen molar-refractivity contribution < 1.29 is 9.59 Å². The summed E-state index contributed by atoms with van der Waals surface area (Å²) in [6, 6.07) is 20.1.